The molecule has 1 aromatic heterocycles. The minimum absolute atomic E-state index is 0.221. The van der Waals surface area contributed by atoms with Crippen LogP contribution in [0.25, 0.3) is 22.0 Å². The number of aromatic nitrogens is 1. The van der Waals surface area contributed by atoms with Crippen LogP contribution in [-0.2, 0) is 6.42 Å². The van der Waals surface area contributed by atoms with Gasteiger partial charge in [-0.2, -0.15) is 0 Å². The molecule has 2 heteroatoms. The Labute approximate surface area is 148 Å². The van der Waals surface area contributed by atoms with Crippen LogP contribution in [0.3, 0.4) is 0 Å². The van der Waals surface area contributed by atoms with Gasteiger partial charge in [0.25, 0.3) is 0 Å². The molecular weight excluding hydrogens is 306 g/mol. The Balaban J connectivity index is 2.06. The van der Waals surface area contributed by atoms with Gasteiger partial charge in [-0.1, -0.05) is 62.5 Å². The molecule has 25 heavy (non-hydrogen) atoms. The van der Waals surface area contributed by atoms with Crippen LogP contribution in [0.5, 0.6) is 0 Å². The van der Waals surface area contributed by atoms with E-state index in [0.29, 0.717) is 5.57 Å². The number of aliphatic hydroxyl groups is 1. The second kappa shape index (κ2) is 6.86. The molecule has 2 nitrogen and oxygen atoms in total. The number of allylic oxidation sites excluding steroid dienone is 4. The third kappa shape index (κ3) is 3.16. The molecule has 126 valence electrons. The lowest BCUT2D eigenvalue weighted by Crippen LogP contribution is -1.96. The Hall–Kier alpha value is -3.00. The van der Waals surface area contributed by atoms with Crippen LogP contribution in [0.2, 0.25) is 0 Å². The summed E-state index contributed by atoms with van der Waals surface area (Å²) in [5.41, 5.74) is 6.55. The minimum Gasteiger partial charge on any atom is -0.512 e. The van der Waals surface area contributed by atoms with Gasteiger partial charge in [0, 0.05) is 28.2 Å². The van der Waals surface area contributed by atoms with E-state index in [4.69, 9.17) is 0 Å². The number of fused-ring (bicyclic) bond motifs is 1. The van der Waals surface area contributed by atoms with E-state index in [0.717, 1.165) is 39.6 Å². The van der Waals surface area contributed by atoms with E-state index in [-0.39, 0.29) is 5.76 Å². The van der Waals surface area contributed by atoms with Crippen LogP contribution < -0.4 is 0 Å². The summed E-state index contributed by atoms with van der Waals surface area (Å²) >= 11 is 0. The second-order valence-corrected chi connectivity index (χ2v) is 6.22. The standard InChI is InChI=1S/C23H23NO/c1-5-18-11-12-20-21(14-24-22(20)13-18)16(3)23(17(4)25)15(2)19-9-7-6-8-10-19/h6-14,24-25H,2-3,5H2,1,4H3/b23-17+. The lowest BCUT2D eigenvalue weighted by molar-refractivity contribution is 0.412. The van der Waals surface area contributed by atoms with E-state index >= 15 is 0 Å². The first-order valence-electron chi connectivity index (χ1n) is 8.47. The summed E-state index contributed by atoms with van der Waals surface area (Å²) < 4.78 is 0. The van der Waals surface area contributed by atoms with E-state index in [2.05, 4.69) is 43.3 Å². The molecule has 0 saturated heterocycles. The highest BCUT2D eigenvalue weighted by molar-refractivity contribution is 6.03. The zero-order valence-corrected chi connectivity index (χ0v) is 14.8. The van der Waals surface area contributed by atoms with Crippen molar-refractivity contribution < 1.29 is 5.11 Å². The highest BCUT2D eigenvalue weighted by Gasteiger charge is 2.17. The number of nitrogens with one attached hydrogen (secondary N) is 1. The quantitative estimate of drug-likeness (QED) is 0.419. The molecule has 3 rings (SSSR count). The zero-order chi connectivity index (χ0) is 18.0. The first-order chi connectivity index (χ1) is 12.0. The Bertz CT molecular complexity index is 970. The molecular formula is C23H23NO. The lowest BCUT2D eigenvalue weighted by atomic mass is 9.89. The molecule has 0 aliphatic rings. The summed E-state index contributed by atoms with van der Waals surface area (Å²) in [6.45, 7) is 12.3. The van der Waals surface area contributed by atoms with Gasteiger partial charge in [0.05, 0.1) is 5.76 Å². The van der Waals surface area contributed by atoms with E-state index < -0.39 is 0 Å². The molecule has 0 aliphatic carbocycles. The van der Waals surface area contributed by atoms with Crippen molar-refractivity contribution in [1.29, 1.82) is 0 Å². The smallest absolute Gasteiger partial charge is 0.0975 e. The Kier molecular flexibility index (Phi) is 4.62. The number of aromatic amines is 1. The molecule has 0 spiro atoms. The van der Waals surface area contributed by atoms with Crippen LogP contribution in [0, 0.1) is 0 Å². The van der Waals surface area contributed by atoms with Crippen molar-refractivity contribution in [2.45, 2.75) is 20.3 Å². The van der Waals surface area contributed by atoms with Gasteiger partial charge in [-0.05, 0) is 41.7 Å². The molecule has 2 aromatic carbocycles. The van der Waals surface area contributed by atoms with Crippen molar-refractivity contribution in [3.05, 3.63) is 95.9 Å². The van der Waals surface area contributed by atoms with Crippen LogP contribution in [0.15, 0.2) is 79.2 Å². The second-order valence-electron chi connectivity index (χ2n) is 6.22. The molecule has 0 aliphatic heterocycles. The van der Waals surface area contributed by atoms with E-state index in [1.54, 1.807) is 6.92 Å². The van der Waals surface area contributed by atoms with Crippen molar-refractivity contribution in [1.82, 2.24) is 4.98 Å². The van der Waals surface area contributed by atoms with Crippen molar-refractivity contribution in [2.24, 2.45) is 0 Å². The molecule has 1 heterocycles. The summed E-state index contributed by atoms with van der Waals surface area (Å²) in [5, 5.41) is 11.4. The lowest BCUT2D eigenvalue weighted by Gasteiger charge is -2.15. The summed E-state index contributed by atoms with van der Waals surface area (Å²) in [7, 11) is 0. The summed E-state index contributed by atoms with van der Waals surface area (Å²) in [4.78, 5) is 3.32. The maximum Gasteiger partial charge on any atom is 0.0975 e. The van der Waals surface area contributed by atoms with Gasteiger partial charge in [0.2, 0.25) is 0 Å². The van der Waals surface area contributed by atoms with Gasteiger partial charge in [-0.15, -0.1) is 0 Å². The molecule has 0 atom stereocenters. The largest absolute Gasteiger partial charge is 0.512 e. The fourth-order valence-corrected chi connectivity index (χ4v) is 3.18. The molecule has 2 N–H and O–H groups in total. The van der Waals surface area contributed by atoms with Crippen molar-refractivity contribution in [3.8, 4) is 0 Å². The highest BCUT2D eigenvalue weighted by Crippen LogP contribution is 2.36. The zero-order valence-electron chi connectivity index (χ0n) is 14.8. The van der Waals surface area contributed by atoms with Gasteiger partial charge in [0.1, 0.15) is 0 Å². The molecule has 0 saturated carbocycles. The number of H-pyrrole nitrogens is 1. The van der Waals surface area contributed by atoms with Crippen molar-refractivity contribution >= 4 is 22.0 Å². The van der Waals surface area contributed by atoms with Gasteiger partial charge >= 0.3 is 0 Å². The Morgan fingerprint density at radius 3 is 2.40 bits per heavy atom. The minimum atomic E-state index is 0.221. The average molecular weight is 329 g/mol. The highest BCUT2D eigenvalue weighted by atomic mass is 16.3. The van der Waals surface area contributed by atoms with Crippen molar-refractivity contribution in [2.75, 3.05) is 0 Å². The summed E-state index contributed by atoms with van der Waals surface area (Å²) in [6.07, 6.45) is 2.95. The predicted molar refractivity (Wildman–Crippen MR) is 108 cm³/mol. The third-order valence-electron chi connectivity index (χ3n) is 4.57. The van der Waals surface area contributed by atoms with Gasteiger partial charge < -0.3 is 10.1 Å². The maximum atomic E-state index is 10.3. The topological polar surface area (TPSA) is 36.0 Å². The number of aryl methyl sites for hydroxylation is 1. The average Bonchev–Trinajstić information content (AvgIpc) is 3.05. The monoisotopic (exact) mass is 329 g/mol. The van der Waals surface area contributed by atoms with Crippen LogP contribution >= 0.6 is 0 Å². The van der Waals surface area contributed by atoms with Crippen molar-refractivity contribution in [3.63, 3.8) is 0 Å². The predicted octanol–water partition coefficient (Wildman–Crippen LogP) is 6.29. The number of hydrogen-bond donors (Lipinski definition) is 2. The van der Waals surface area contributed by atoms with Gasteiger partial charge in [0.15, 0.2) is 0 Å². The number of hydrogen-bond acceptors (Lipinski definition) is 1. The molecule has 3 aromatic rings. The maximum absolute atomic E-state index is 10.3. The number of rotatable bonds is 5. The normalized spacial score (nSPS) is 12.1. The first kappa shape index (κ1) is 16.8. The number of benzene rings is 2. The Morgan fingerprint density at radius 1 is 1.04 bits per heavy atom. The van der Waals surface area contributed by atoms with Gasteiger partial charge in [-0.3, -0.25) is 0 Å². The molecule has 0 unspecified atom stereocenters. The SMILES string of the molecule is C=C(/C(C(=C)c1c[nH]c2cc(CC)ccc12)=C(/C)O)c1ccccc1. The fraction of sp³-hybridized carbons (Fsp3) is 0.130. The van der Waals surface area contributed by atoms with Gasteiger partial charge in [-0.25, -0.2) is 0 Å². The van der Waals surface area contributed by atoms with Crippen LogP contribution in [0.4, 0.5) is 0 Å². The number of aliphatic hydroxyl groups excluding tert-OH is 1. The van der Waals surface area contributed by atoms with E-state index in [1.165, 1.54) is 5.56 Å². The van der Waals surface area contributed by atoms with Crippen LogP contribution in [0.1, 0.15) is 30.5 Å². The van der Waals surface area contributed by atoms with E-state index in [1.807, 2.05) is 36.5 Å². The fourth-order valence-electron chi connectivity index (χ4n) is 3.18. The molecule has 0 radical (unpaired) electrons. The molecule has 0 bridgehead atoms. The Morgan fingerprint density at radius 2 is 1.76 bits per heavy atom. The summed E-state index contributed by atoms with van der Waals surface area (Å²) in [6, 6.07) is 16.3. The van der Waals surface area contributed by atoms with E-state index in [9.17, 15) is 5.11 Å². The van der Waals surface area contributed by atoms with Crippen LogP contribution in [-0.4, -0.2) is 10.1 Å². The molecule has 0 amide bonds. The molecule has 0 fully saturated rings. The third-order valence-corrected chi connectivity index (χ3v) is 4.57. The first-order valence-corrected chi connectivity index (χ1v) is 8.47. The summed E-state index contributed by atoms with van der Waals surface area (Å²) in [5.74, 6) is 0.221.